The predicted molar refractivity (Wildman–Crippen MR) is 76.4 cm³/mol. The van der Waals surface area contributed by atoms with Crippen LogP contribution in [0.1, 0.15) is 5.89 Å². The number of aromatic nitrogens is 2. The smallest absolute Gasteiger partial charge is 0.257 e. The van der Waals surface area contributed by atoms with E-state index in [4.69, 9.17) is 9.52 Å². The molecule has 1 saturated heterocycles. The molecule has 1 fully saturated rings. The van der Waals surface area contributed by atoms with Gasteiger partial charge in [0.05, 0.1) is 18.0 Å². The number of aliphatic hydroxyl groups excluding tert-OH is 1. The Labute approximate surface area is 121 Å². The molecule has 0 bridgehead atoms. The maximum Gasteiger partial charge on any atom is 0.257 e. The predicted octanol–water partition coefficient (Wildman–Crippen LogP) is 0.908. The molecule has 0 atom stereocenters. The van der Waals surface area contributed by atoms with Gasteiger partial charge in [0, 0.05) is 32.7 Å². The summed E-state index contributed by atoms with van der Waals surface area (Å²) in [4.78, 5) is 5.58. The van der Waals surface area contributed by atoms with Crippen molar-refractivity contribution in [3.05, 3.63) is 23.4 Å². The lowest BCUT2D eigenvalue weighted by molar-refractivity contribution is 0.103. The molecule has 6 nitrogen and oxygen atoms in total. The van der Waals surface area contributed by atoms with E-state index in [1.54, 1.807) is 11.3 Å². The van der Waals surface area contributed by atoms with Gasteiger partial charge < -0.3 is 9.52 Å². The molecule has 3 rings (SSSR count). The standard InChI is InChI=1S/C13H18N4O2S/c18-8-7-16-3-5-17(6-4-16)10-12-14-15-13(19-12)11-2-1-9-20-11/h1-2,9,18H,3-8,10H2. The second kappa shape index (κ2) is 6.45. The van der Waals surface area contributed by atoms with Crippen molar-refractivity contribution in [3.8, 4) is 10.8 Å². The van der Waals surface area contributed by atoms with Crippen molar-refractivity contribution in [1.29, 1.82) is 0 Å². The van der Waals surface area contributed by atoms with Gasteiger partial charge in [0.1, 0.15) is 0 Å². The fourth-order valence-corrected chi connectivity index (χ4v) is 2.97. The van der Waals surface area contributed by atoms with Crippen LogP contribution in [-0.2, 0) is 6.54 Å². The number of piperazine rings is 1. The van der Waals surface area contributed by atoms with Gasteiger partial charge in [-0.1, -0.05) is 6.07 Å². The molecule has 3 heterocycles. The molecule has 0 saturated carbocycles. The summed E-state index contributed by atoms with van der Waals surface area (Å²) < 4.78 is 5.70. The summed E-state index contributed by atoms with van der Waals surface area (Å²) in [6.07, 6.45) is 0. The zero-order valence-electron chi connectivity index (χ0n) is 11.2. The van der Waals surface area contributed by atoms with E-state index in [9.17, 15) is 0 Å². The first-order valence-corrected chi connectivity index (χ1v) is 7.65. The zero-order chi connectivity index (χ0) is 13.8. The third-order valence-corrected chi connectivity index (χ3v) is 4.30. The maximum atomic E-state index is 8.93. The lowest BCUT2D eigenvalue weighted by Gasteiger charge is -2.33. The Morgan fingerprint density at radius 2 is 2.00 bits per heavy atom. The van der Waals surface area contributed by atoms with Gasteiger partial charge in [0.2, 0.25) is 5.89 Å². The monoisotopic (exact) mass is 294 g/mol. The van der Waals surface area contributed by atoms with Crippen LogP contribution in [-0.4, -0.2) is 64.4 Å². The van der Waals surface area contributed by atoms with Crippen molar-refractivity contribution < 1.29 is 9.52 Å². The Balaban J connectivity index is 1.54. The molecule has 0 aromatic carbocycles. The van der Waals surface area contributed by atoms with Crippen LogP contribution in [0.15, 0.2) is 21.9 Å². The summed E-state index contributed by atoms with van der Waals surface area (Å²) in [5.41, 5.74) is 0. The minimum Gasteiger partial charge on any atom is -0.419 e. The van der Waals surface area contributed by atoms with Crippen LogP contribution in [0, 0.1) is 0 Å². The molecular formula is C13H18N4O2S. The van der Waals surface area contributed by atoms with E-state index in [-0.39, 0.29) is 6.61 Å². The molecule has 0 radical (unpaired) electrons. The van der Waals surface area contributed by atoms with E-state index in [0.717, 1.165) is 37.6 Å². The van der Waals surface area contributed by atoms with Crippen LogP contribution >= 0.6 is 11.3 Å². The SMILES string of the molecule is OCCN1CCN(Cc2nnc(-c3cccs3)o2)CC1. The van der Waals surface area contributed by atoms with Gasteiger partial charge in [-0.15, -0.1) is 21.5 Å². The van der Waals surface area contributed by atoms with E-state index in [2.05, 4.69) is 20.0 Å². The first-order chi connectivity index (χ1) is 9.85. The number of nitrogens with zero attached hydrogens (tertiary/aromatic N) is 4. The fraction of sp³-hybridized carbons (Fsp3) is 0.538. The molecule has 0 unspecified atom stereocenters. The normalized spacial score (nSPS) is 17.6. The molecule has 1 aliphatic rings. The van der Waals surface area contributed by atoms with Crippen molar-refractivity contribution in [2.45, 2.75) is 6.54 Å². The first-order valence-electron chi connectivity index (χ1n) is 6.77. The molecule has 7 heteroatoms. The van der Waals surface area contributed by atoms with Gasteiger partial charge in [0.15, 0.2) is 0 Å². The molecule has 0 aliphatic carbocycles. The molecule has 2 aromatic rings. The first kappa shape index (κ1) is 13.7. The van der Waals surface area contributed by atoms with Crippen LogP contribution in [0.2, 0.25) is 0 Å². The minimum atomic E-state index is 0.230. The van der Waals surface area contributed by atoms with E-state index in [1.807, 2.05) is 17.5 Å². The lowest BCUT2D eigenvalue weighted by atomic mass is 10.3. The number of hydrogen-bond donors (Lipinski definition) is 1. The van der Waals surface area contributed by atoms with Gasteiger partial charge in [-0.25, -0.2) is 0 Å². The molecular weight excluding hydrogens is 276 g/mol. The van der Waals surface area contributed by atoms with E-state index in [1.165, 1.54) is 0 Å². The van der Waals surface area contributed by atoms with Crippen molar-refractivity contribution in [3.63, 3.8) is 0 Å². The Kier molecular flexibility index (Phi) is 4.41. The third-order valence-electron chi connectivity index (χ3n) is 3.44. The van der Waals surface area contributed by atoms with Crippen molar-refractivity contribution >= 4 is 11.3 Å². The summed E-state index contributed by atoms with van der Waals surface area (Å²) in [5, 5.41) is 19.1. The number of hydrogen-bond acceptors (Lipinski definition) is 7. The summed E-state index contributed by atoms with van der Waals surface area (Å²) in [6.45, 7) is 5.59. The van der Waals surface area contributed by atoms with Gasteiger partial charge in [-0.3, -0.25) is 9.80 Å². The Morgan fingerprint density at radius 3 is 2.70 bits per heavy atom. The molecule has 0 amide bonds. The summed E-state index contributed by atoms with van der Waals surface area (Å²) in [5.74, 6) is 1.28. The number of aliphatic hydroxyl groups is 1. The lowest BCUT2D eigenvalue weighted by Crippen LogP contribution is -2.46. The zero-order valence-corrected chi connectivity index (χ0v) is 12.1. The highest BCUT2D eigenvalue weighted by Crippen LogP contribution is 2.23. The molecule has 1 aliphatic heterocycles. The number of thiophene rings is 1. The van der Waals surface area contributed by atoms with Crippen molar-refractivity contribution in [2.24, 2.45) is 0 Å². The van der Waals surface area contributed by atoms with E-state index >= 15 is 0 Å². The second-order valence-electron chi connectivity index (χ2n) is 4.82. The Morgan fingerprint density at radius 1 is 1.20 bits per heavy atom. The Bertz CT molecular complexity index is 520. The maximum absolute atomic E-state index is 8.93. The van der Waals surface area contributed by atoms with Crippen LogP contribution in [0.4, 0.5) is 0 Å². The van der Waals surface area contributed by atoms with Crippen LogP contribution in [0.25, 0.3) is 10.8 Å². The average Bonchev–Trinajstić information content (AvgIpc) is 3.12. The second-order valence-corrected chi connectivity index (χ2v) is 5.77. The largest absolute Gasteiger partial charge is 0.419 e. The Hall–Kier alpha value is -1.28. The molecule has 2 aromatic heterocycles. The highest BCUT2D eigenvalue weighted by atomic mass is 32.1. The van der Waals surface area contributed by atoms with Gasteiger partial charge >= 0.3 is 0 Å². The third kappa shape index (κ3) is 3.24. The van der Waals surface area contributed by atoms with Gasteiger partial charge in [0.25, 0.3) is 5.89 Å². The molecule has 0 spiro atoms. The van der Waals surface area contributed by atoms with Crippen LogP contribution in [0.3, 0.4) is 0 Å². The van der Waals surface area contributed by atoms with Crippen molar-refractivity contribution in [1.82, 2.24) is 20.0 Å². The van der Waals surface area contributed by atoms with Gasteiger partial charge in [-0.05, 0) is 11.4 Å². The summed E-state index contributed by atoms with van der Waals surface area (Å²) in [7, 11) is 0. The summed E-state index contributed by atoms with van der Waals surface area (Å²) >= 11 is 1.60. The van der Waals surface area contributed by atoms with E-state index in [0.29, 0.717) is 18.3 Å². The van der Waals surface area contributed by atoms with E-state index < -0.39 is 0 Å². The fourth-order valence-electron chi connectivity index (χ4n) is 2.32. The van der Waals surface area contributed by atoms with Crippen LogP contribution < -0.4 is 0 Å². The molecule has 108 valence electrons. The molecule has 1 N–H and O–H groups in total. The van der Waals surface area contributed by atoms with Crippen molar-refractivity contribution in [2.75, 3.05) is 39.3 Å². The highest BCUT2D eigenvalue weighted by molar-refractivity contribution is 7.13. The quantitative estimate of drug-likeness (QED) is 0.884. The number of β-amino-alcohol motifs (C(OH)–C–C–N with tert-alkyl or cyclic N) is 1. The average molecular weight is 294 g/mol. The molecule has 20 heavy (non-hydrogen) atoms. The number of rotatable bonds is 5. The topological polar surface area (TPSA) is 65.6 Å². The van der Waals surface area contributed by atoms with Gasteiger partial charge in [-0.2, -0.15) is 0 Å². The summed E-state index contributed by atoms with van der Waals surface area (Å²) in [6, 6.07) is 3.96. The minimum absolute atomic E-state index is 0.230. The highest BCUT2D eigenvalue weighted by Gasteiger charge is 2.19. The van der Waals surface area contributed by atoms with Crippen LogP contribution in [0.5, 0.6) is 0 Å².